The van der Waals surface area contributed by atoms with Gasteiger partial charge in [-0.15, -0.1) is 0 Å². The van der Waals surface area contributed by atoms with Crippen LogP contribution >= 0.6 is 38.9 Å². The number of fused-ring (bicyclic) bond motifs is 1. The smallest absolute Gasteiger partial charge is 0.338 e. The fraction of sp³-hybridized carbons (Fsp3) is 0.194. The van der Waals surface area contributed by atoms with E-state index >= 15 is 0 Å². The van der Waals surface area contributed by atoms with E-state index in [1.165, 1.54) is 11.3 Å². The second-order valence-electron chi connectivity index (χ2n) is 9.28. The summed E-state index contributed by atoms with van der Waals surface area (Å²) in [6.07, 6.45) is 1.80. The lowest BCUT2D eigenvalue weighted by atomic mass is 9.95. The van der Waals surface area contributed by atoms with Crippen LogP contribution < -0.4 is 19.6 Å². The van der Waals surface area contributed by atoms with Crippen LogP contribution in [-0.2, 0) is 16.1 Å². The van der Waals surface area contributed by atoms with Crippen molar-refractivity contribution in [3.05, 3.63) is 129 Å². The first-order chi connectivity index (χ1) is 19.3. The molecule has 1 aliphatic heterocycles. The first-order valence-electron chi connectivity index (χ1n) is 12.7. The highest BCUT2D eigenvalue weighted by molar-refractivity contribution is 9.10. The van der Waals surface area contributed by atoms with Gasteiger partial charge in [-0.2, -0.15) is 0 Å². The van der Waals surface area contributed by atoms with E-state index in [-0.39, 0.29) is 18.8 Å². The molecule has 0 spiro atoms. The zero-order valence-corrected chi connectivity index (χ0v) is 25.3. The van der Waals surface area contributed by atoms with Gasteiger partial charge in [0.2, 0.25) is 0 Å². The lowest BCUT2D eigenvalue weighted by Gasteiger charge is -2.24. The quantitative estimate of drug-likeness (QED) is 0.230. The Balaban J connectivity index is 1.62. The van der Waals surface area contributed by atoms with Crippen molar-refractivity contribution in [3.8, 4) is 5.75 Å². The number of nitrogens with zero attached hydrogens (tertiary/aromatic N) is 2. The van der Waals surface area contributed by atoms with E-state index < -0.39 is 12.0 Å². The maximum Gasteiger partial charge on any atom is 0.338 e. The van der Waals surface area contributed by atoms with E-state index in [0.29, 0.717) is 31.4 Å². The van der Waals surface area contributed by atoms with Crippen LogP contribution in [-0.4, -0.2) is 17.1 Å². The number of benzene rings is 3. The minimum atomic E-state index is -0.656. The molecule has 9 heteroatoms. The van der Waals surface area contributed by atoms with Crippen molar-refractivity contribution < 1.29 is 14.3 Å². The molecule has 1 aliphatic rings. The second kappa shape index (κ2) is 12.0. The monoisotopic (exact) mass is 636 g/mol. The molecule has 40 heavy (non-hydrogen) atoms. The standard InChI is InChI=1S/C31H26BrClN2O4S/c1-4-38-30(37)27-19(3)34-31-35(28(27)20-11-9-18(2)10-12-20)29(36)26(40-31)16-22-15-23(32)13-14-25(22)39-17-21-7-5-6-8-24(21)33/h5-16,28H,4,17H2,1-3H3/b26-16+/t28-/m1/s1. The van der Waals surface area contributed by atoms with Gasteiger partial charge < -0.3 is 9.47 Å². The van der Waals surface area contributed by atoms with Crippen LogP contribution in [0.2, 0.25) is 5.02 Å². The van der Waals surface area contributed by atoms with Gasteiger partial charge in [-0.25, -0.2) is 9.79 Å². The number of carbonyl (C=O) groups is 1. The number of aromatic nitrogens is 1. The van der Waals surface area contributed by atoms with Crippen molar-refractivity contribution in [1.82, 2.24) is 4.57 Å². The molecule has 5 rings (SSSR count). The number of thiazole rings is 1. The van der Waals surface area contributed by atoms with E-state index in [0.717, 1.165) is 26.7 Å². The SMILES string of the molecule is CCOC(=O)C1=C(C)N=c2s/c(=C/c3cc(Br)ccc3OCc3ccccc3Cl)c(=O)n2[C@@H]1c1ccc(C)cc1. The Morgan fingerprint density at radius 2 is 1.88 bits per heavy atom. The Kier molecular flexibility index (Phi) is 8.40. The Labute approximate surface area is 249 Å². The first-order valence-corrected chi connectivity index (χ1v) is 14.7. The molecule has 0 saturated carbocycles. The Bertz CT molecular complexity index is 1810. The van der Waals surface area contributed by atoms with Gasteiger partial charge in [-0.05, 0) is 56.7 Å². The third kappa shape index (κ3) is 5.70. The number of hydrogen-bond donors (Lipinski definition) is 0. The van der Waals surface area contributed by atoms with Crippen molar-refractivity contribution in [2.45, 2.75) is 33.4 Å². The number of aryl methyl sites for hydroxylation is 1. The van der Waals surface area contributed by atoms with Gasteiger partial charge in [0.15, 0.2) is 4.80 Å². The van der Waals surface area contributed by atoms with Crippen molar-refractivity contribution in [2.24, 2.45) is 4.99 Å². The normalized spacial score (nSPS) is 15.0. The molecule has 2 heterocycles. The van der Waals surface area contributed by atoms with Gasteiger partial charge in [-0.3, -0.25) is 9.36 Å². The number of halogens is 2. The first kappa shape index (κ1) is 28.1. The number of esters is 1. The minimum Gasteiger partial charge on any atom is -0.488 e. The topological polar surface area (TPSA) is 69.9 Å². The average Bonchev–Trinajstić information content (AvgIpc) is 3.23. The second-order valence-corrected chi connectivity index (χ2v) is 11.6. The average molecular weight is 638 g/mol. The molecule has 6 nitrogen and oxygen atoms in total. The highest BCUT2D eigenvalue weighted by Gasteiger charge is 2.33. The molecule has 0 unspecified atom stereocenters. The van der Waals surface area contributed by atoms with Gasteiger partial charge in [0.25, 0.3) is 5.56 Å². The maximum atomic E-state index is 14.0. The van der Waals surface area contributed by atoms with E-state index in [4.69, 9.17) is 21.1 Å². The summed E-state index contributed by atoms with van der Waals surface area (Å²) in [7, 11) is 0. The summed E-state index contributed by atoms with van der Waals surface area (Å²) in [5.41, 5.74) is 4.10. The molecule has 0 fully saturated rings. The largest absolute Gasteiger partial charge is 0.488 e. The zero-order valence-electron chi connectivity index (χ0n) is 22.1. The van der Waals surface area contributed by atoms with E-state index in [1.807, 2.05) is 73.7 Å². The third-order valence-electron chi connectivity index (χ3n) is 6.51. The summed E-state index contributed by atoms with van der Waals surface area (Å²) >= 11 is 11.1. The summed E-state index contributed by atoms with van der Waals surface area (Å²) in [6.45, 7) is 6.03. The summed E-state index contributed by atoms with van der Waals surface area (Å²) in [6, 6.07) is 20.3. The molecular formula is C31H26BrClN2O4S. The van der Waals surface area contributed by atoms with Crippen molar-refractivity contribution in [2.75, 3.05) is 6.61 Å². The molecule has 1 atom stereocenters. The zero-order chi connectivity index (χ0) is 28.4. The Morgan fingerprint density at radius 1 is 1.12 bits per heavy atom. The van der Waals surface area contributed by atoms with Crippen molar-refractivity contribution >= 4 is 50.9 Å². The number of hydrogen-bond acceptors (Lipinski definition) is 6. The Hall–Kier alpha value is -3.46. The fourth-order valence-electron chi connectivity index (χ4n) is 4.53. The van der Waals surface area contributed by atoms with Crippen LogP contribution in [0.5, 0.6) is 5.75 Å². The predicted octanol–water partition coefficient (Wildman–Crippen LogP) is 6.10. The van der Waals surface area contributed by atoms with Crippen molar-refractivity contribution in [1.29, 1.82) is 0 Å². The van der Waals surface area contributed by atoms with Crippen LogP contribution in [0.25, 0.3) is 6.08 Å². The third-order valence-corrected chi connectivity index (χ3v) is 8.35. The van der Waals surface area contributed by atoms with Gasteiger partial charge >= 0.3 is 5.97 Å². The number of allylic oxidation sites excluding steroid dienone is 1. The summed E-state index contributed by atoms with van der Waals surface area (Å²) in [4.78, 5) is 32.2. The highest BCUT2D eigenvalue weighted by Crippen LogP contribution is 2.31. The van der Waals surface area contributed by atoms with Crippen LogP contribution in [0.3, 0.4) is 0 Å². The minimum absolute atomic E-state index is 0.223. The summed E-state index contributed by atoms with van der Waals surface area (Å²) < 4.78 is 14.4. The number of rotatable bonds is 7. The number of ether oxygens (including phenoxy) is 2. The molecule has 0 radical (unpaired) electrons. The highest BCUT2D eigenvalue weighted by atomic mass is 79.9. The van der Waals surface area contributed by atoms with Crippen LogP contribution in [0.15, 0.2) is 92.3 Å². The molecule has 0 aliphatic carbocycles. The van der Waals surface area contributed by atoms with Gasteiger partial charge in [-0.1, -0.05) is 86.9 Å². The summed E-state index contributed by atoms with van der Waals surface area (Å²) in [5.74, 6) is 0.123. The molecule has 4 aromatic rings. The van der Waals surface area contributed by atoms with Crippen LogP contribution in [0.1, 0.15) is 42.1 Å². The van der Waals surface area contributed by atoms with Crippen LogP contribution in [0, 0.1) is 6.92 Å². The van der Waals surface area contributed by atoms with E-state index in [2.05, 4.69) is 20.9 Å². The lowest BCUT2D eigenvalue weighted by Crippen LogP contribution is -2.39. The molecule has 0 N–H and O–H groups in total. The predicted molar refractivity (Wildman–Crippen MR) is 162 cm³/mol. The lowest BCUT2D eigenvalue weighted by molar-refractivity contribution is -0.139. The molecule has 3 aromatic carbocycles. The molecule has 0 saturated heterocycles. The van der Waals surface area contributed by atoms with Gasteiger partial charge in [0.05, 0.1) is 28.5 Å². The molecule has 1 aromatic heterocycles. The molecule has 0 bridgehead atoms. The van der Waals surface area contributed by atoms with Gasteiger partial charge in [0.1, 0.15) is 12.4 Å². The molecular weight excluding hydrogens is 612 g/mol. The Morgan fingerprint density at radius 3 is 2.60 bits per heavy atom. The molecule has 0 amide bonds. The number of carbonyl (C=O) groups excluding carboxylic acids is 1. The maximum absolute atomic E-state index is 14.0. The fourth-order valence-corrected chi connectivity index (χ4v) is 6.14. The van der Waals surface area contributed by atoms with E-state index in [1.54, 1.807) is 24.5 Å². The van der Waals surface area contributed by atoms with Crippen LogP contribution in [0.4, 0.5) is 0 Å². The van der Waals surface area contributed by atoms with Crippen molar-refractivity contribution in [3.63, 3.8) is 0 Å². The summed E-state index contributed by atoms with van der Waals surface area (Å²) in [5, 5.41) is 0.623. The van der Waals surface area contributed by atoms with Gasteiger partial charge in [0, 0.05) is 20.6 Å². The van der Waals surface area contributed by atoms with E-state index in [9.17, 15) is 9.59 Å². The molecule has 204 valence electrons.